The summed E-state index contributed by atoms with van der Waals surface area (Å²) in [6.45, 7) is 9.38. The molecule has 4 aromatic rings. The van der Waals surface area contributed by atoms with E-state index in [4.69, 9.17) is 4.98 Å². The number of thiazole rings is 1. The monoisotopic (exact) mass is 461 g/mol. The zero-order valence-corrected chi connectivity index (χ0v) is 20.3. The van der Waals surface area contributed by atoms with Crippen LogP contribution in [0.5, 0.6) is 0 Å². The van der Waals surface area contributed by atoms with Gasteiger partial charge >= 0.3 is 0 Å². The zero-order chi connectivity index (χ0) is 22.2. The first kappa shape index (κ1) is 21.3. The number of anilines is 1. The molecule has 4 nitrogen and oxygen atoms in total. The largest absolute Gasteiger partial charge is 0.317 e. The lowest BCUT2D eigenvalue weighted by Crippen LogP contribution is -2.29. The molecule has 2 aromatic carbocycles. The minimum atomic E-state index is 0.0343. The van der Waals surface area contributed by atoms with Crippen molar-refractivity contribution in [2.75, 3.05) is 18.4 Å². The second kappa shape index (κ2) is 8.77. The van der Waals surface area contributed by atoms with E-state index in [9.17, 15) is 4.79 Å². The zero-order valence-electron chi connectivity index (χ0n) is 18.7. The number of fused-ring (bicyclic) bond motifs is 2. The quantitative estimate of drug-likeness (QED) is 0.385. The number of nitrogens with zero attached hydrogens (tertiary/aromatic N) is 2. The smallest absolute Gasteiger partial charge is 0.229 e. The summed E-state index contributed by atoms with van der Waals surface area (Å²) >= 11 is 3.44. The van der Waals surface area contributed by atoms with E-state index in [0.717, 1.165) is 58.3 Å². The van der Waals surface area contributed by atoms with Crippen molar-refractivity contribution in [3.63, 3.8) is 0 Å². The lowest BCUT2D eigenvalue weighted by atomic mass is 10.0. The summed E-state index contributed by atoms with van der Waals surface area (Å²) < 4.78 is 1.18. The highest BCUT2D eigenvalue weighted by Gasteiger charge is 2.27. The molecule has 0 bridgehead atoms. The van der Waals surface area contributed by atoms with Crippen molar-refractivity contribution >= 4 is 43.8 Å². The van der Waals surface area contributed by atoms with Crippen molar-refractivity contribution in [1.29, 1.82) is 0 Å². The number of nitrogens with one attached hydrogen (secondary N) is 1. The maximum absolute atomic E-state index is 13.1. The number of benzene rings is 2. The summed E-state index contributed by atoms with van der Waals surface area (Å²) in [6, 6.07) is 14.6. The maximum Gasteiger partial charge on any atom is 0.229 e. The first-order chi connectivity index (χ1) is 15.5. The molecule has 164 valence electrons. The number of carbonyl (C=O) groups is 1. The van der Waals surface area contributed by atoms with Gasteiger partial charge in [-0.1, -0.05) is 42.8 Å². The third kappa shape index (κ3) is 4.10. The van der Waals surface area contributed by atoms with Gasteiger partial charge in [-0.2, -0.15) is 0 Å². The van der Waals surface area contributed by atoms with Crippen LogP contribution in [0.4, 0.5) is 5.00 Å². The van der Waals surface area contributed by atoms with Gasteiger partial charge in [0.25, 0.3) is 0 Å². The van der Waals surface area contributed by atoms with Gasteiger partial charge in [-0.05, 0) is 55.6 Å². The van der Waals surface area contributed by atoms with Gasteiger partial charge < -0.3 is 5.32 Å². The molecule has 1 aliphatic rings. The molecule has 6 heteroatoms. The molecule has 0 atom stereocenters. The van der Waals surface area contributed by atoms with Crippen LogP contribution in [0.15, 0.2) is 42.5 Å². The van der Waals surface area contributed by atoms with Gasteiger partial charge in [0, 0.05) is 23.5 Å². The molecule has 0 saturated carbocycles. The molecule has 2 aromatic heterocycles. The molecule has 0 fully saturated rings. The summed E-state index contributed by atoms with van der Waals surface area (Å²) in [7, 11) is 0. The molecule has 0 aliphatic carbocycles. The van der Waals surface area contributed by atoms with E-state index in [1.54, 1.807) is 22.7 Å². The normalized spacial score (nSPS) is 14.0. The van der Waals surface area contributed by atoms with Crippen molar-refractivity contribution in [3.05, 3.63) is 69.6 Å². The number of carbonyl (C=O) groups excluding carboxylic acids is 1. The van der Waals surface area contributed by atoms with Gasteiger partial charge in [0.1, 0.15) is 10.0 Å². The topological polar surface area (TPSA) is 45.2 Å². The van der Waals surface area contributed by atoms with Crippen LogP contribution in [-0.2, 0) is 24.2 Å². The minimum Gasteiger partial charge on any atom is -0.317 e. The standard InChI is InChI=1S/C26H27N3OS2/c1-4-29-12-11-19-22(15-29)32-26(24(19)25-27-20-7-5-6-8-21(20)31-25)28-23(30)14-18-13-16(2)9-10-17(18)3/h5-10,13H,4,11-12,14-15H2,1-3H3,(H,28,30). The summed E-state index contributed by atoms with van der Waals surface area (Å²) in [5, 5.41) is 5.22. The Hall–Kier alpha value is -2.54. The fraction of sp³-hybridized carbons (Fsp3) is 0.308. The summed E-state index contributed by atoms with van der Waals surface area (Å²) in [4.78, 5) is 21.9. The molecule has 1 N–H and O–H groups in total. The average molecular weight is 462 g/mol. The number of hydrogen-bond donors (Lipinski definition) is 1. The second-order valence-electron chi connectivity index (χ2n) is 8.47. The number of rotatable bonds is 5. The Kier molecular flexibility index (Phi) is 5.84. The number of amides is 1. The predicted molar refractivity (Wildman–Crippen MR) is 136 cm³/mol. The van der Waals surface area contributed by atoms with E-state index in [2.05, 4.69) is 67.4 Å². The van der Waals surface area contributed by atoms with Crippen molar-refractivity contribution in [2.45, 2.75) is 40.2 Å². The molecule has 1 aliphatic heterocycles. The fourth-order valence-electron chi connectivity index (χ4n) is 4.35. The predicted octanol–water partition coefficient (Wildman–Crippen LogP) is 6.20. The highest BCUT2D eigenvalue weighted by atomic mass is 32.1. The van der Waals surface area contributed by atoms with Crippen molar-refractivity contribution in [1.82, 2.24) is 9.88 Å². The fourth-order valence-corrected chi connectivity index (χ4v) is 6.77. The van der Waals surface area contributed by atoms with Gasteiger partial charge in [0.15, 0.2) is 0 Å². The number of aromatic nitrogens is 1. The SMILES string of the molecule is CCN1CCc2c(sc(NC(=O)Cc3cc(C)ccc3C)c2-c2nc3ccccc3s2)C1. The Morgan fingerprint density at radius 3 is 2.81 bits per heavy atom. The lowest BCUT2D eigenvalue weighted by molar-refractivity contribution is -0.115. The highest BCUT2D eigenvalue weighted by Crippen LogP contribution is 2.45. The molecule has 3 heterocycles. The number of aryl methyl sites for hydroxylation is 2. The number of likely N-dealkylation sites (N-methyl/N-ethyl adjacent to an activating group) is 1. The van der Waals surface area contributed by atoms with E-state index in [1.165, 1.54) is 20.7 Å². The van der Waals surface area contributed by atoms with Gasteiger partial charge in [-0.15, -0.1) is 22.7 Å². The van der Waals surface area contributed by atoms with Gasteiger partial charge in [0.05, 0.1) is 16.6 Å². The van der Waals surface area contributed by atoms with E-state index in [-0.39, 0.29) is 5.91 Å². The summed E-state index contributed by atoms with van der Waals surface area (Å²) in [6.07, 6.45) is 1.38. The number of thiophene rings is 1. The van der Waals surface area contributed by atoms with Crippen LogP contribution in [0.2, 0.25) is 0 Å². The van der Waals surface area contributed by atoms with Crippen LogP contribution >= 0.6 is 22.7 Å². The average Bonchev–Trinajstić information content (AvgIpc) is 3.35. The first-order valence-corrected chi connectivity index (χ1v) is 12.7. The van der Waals surface area contributed by atoms with Gasteiger partial charge in [0.2, 0.25) is 5.91 Å². The number of para-hydroxylation sites is 1. The second-order valence-corrected chi connectivity index (χ2v) is 10.6. The highest BCUT2D eigenvalue weighted by molar-refractivity contribution is 7.22. The van der Waals surface area contributed by atoms with Crippen LogP contribution < -0.4 is 5.32 Å². The first-order valence-electron chi connectivity index (χ1n) is 11.1. The minimum absolute atomic E-state index is 0.0343. The summed E-state index contributed by atoms with van der Waals surface area (Å²) in [5.41, 5.74) is 6.94. The van der Waals surface area contributed by atoms with Crippen LogP contribution in [0.3, 0.4) is 0 Å². The Balaban J connectivity index is 1.51. The van der Waals surface area contributed by atoms with E-state index >= 15 is 0 Å². The van der Waals surface area contributed by atoms with E-state index < -0.39 is 0 Å². The Morgan fingerprint density at radius 1 is 1.16 bits per heavy atom. The van der Waals surface area contributed by atoms with Gasteiger partial charge in [-0.25, -0.2) is 4.98 Å². The summed E-state index contributed by atoms with van der Waals surface area (Å²) in [5.74, 6) is 0.0343. The van der Waals surface area contributed by atoms with Crippen LogP contribution in [-0.4, -0.2) is 28.9 Å². The third-order valence-corrected chi connectivity index (χ3v) is 8.39. The van der Waals surface area contributed by atoms with Crippen LogP contribution in [0.25, 0.3) is 20.8 Å². The molecule has 32 heavy (non-hydrogen) atoms. The molecular formula is C26H27N3OS2. The molecule has 1 amide bonds. The lowest BCUT2D eigenvalue weighted by Gasteiger charge is -2.25. The molecule has 0 spiro atoms. The molecular weight excluding hydrogens is 434 g/mol. The third-order valence-electron chi connectivity index (χ3n) is 6.20. The van der Waals surface area contributed by atoms with Crippen LogP contribution in [0, 0.1) is 13.8 Å². The van der Waals surface area contributed by atoms with Crippen LogP contribution in [0.1, 0.15) is 34.1 Å². The van der Waals surface area contributed by atoms with Gasteiger partial charge in [-0.3, -0.25) is 9.69 Å². The molecule has 0 saturated heterocycles. The Morgan fingerprint density at radius 2 is 2.00 bits per heavy atom. The Bertz CT molecular complexity index is 1270. The van der Waals surface area contributed by atoms with E-state index in [0.29, 0.717) is 6.42 Å². The molecule has 0 radical (unpaired) electrons. The van der Waals surface area contributed by atoms with Crippen molar-refractivity contribution in [2.24, 2.45) is 0 Å². The van der Waals surface area contributed by atoms with Crippen molar-refractivity contribution < 1.29 is 4.79 Å². The molecule has 5 rings (SSSR count). The maximum atomic E-state index is 13.1. The molecule has 0 unspecified atom stereocenters. The number of hydrogen-bond acceptors (Lipinski definition) is 5. The van der Waals surface area contributed by atoms with Crippen molar-refractivity contribution in [3.8, 4) is 10.6 Å². The Labute approximate surface area is 196 Å². The van der Waals surface area contributed by atoms with E-state index in [1.807, 2.05) is 6.07 Å².